The quantitative estimate of drug-likeness (QED) is 0.424. The van der Waals surface area contributed by atoms with E-state index in [1.807, 2.05) is 71.7 Å². The van der Waals surface area contributed by atoms with Crippen LogP contribution < -0.4 is 15.4 Å². The summed E-state index contributed by atoms with van der Waals surface area (Å²) in [5.41, 5.74) is 9.06. The number of methoxy groups -OCH3 is 1. The van der Waals surface area contributed by atoms with Crippen molar-refractivity contribution in [1.29, 1.82) is 0 Å². The summed E-state index contributed by atoms with van der Waals surface area (Å²) in [6.07, 6.45) is 3.87. The number of nitrogens with two attached hydrogens (primary N) is 1. The number of rotatable bonds is 7. The molecule has 3 heterocycles. The molecule has 0 aliphatic carbocycles. The van der Waals surface area contributed by atoms with Crippen LogP contribution in [0.2, 0.25) is 0 Å². The first-order chi connectivity index (χ1) is 17.6. The largest absolute Gasteiger partial charge is 0.494 e. The van der Waals surface area contributed by atoms with E-state index in [1.165, 1.54) is 0 Å². The second-order valence-corrected chi connectivity index (χ2v) is 8.73. The molecule has 186 valence electrons. The van der Waals surface area contributed by atoms with Crippen LogP contribution in [0.15, 0.2) is 73.1 Å². The molecule has 1 atom stereocenters. The Kier molecular flexibility index (Phi) is 6.99. The van der Waals surface area contributed by atoms with Crippen molar-refractivity contribution in [3.8, 4) is 11.4 Å². The van der Waals surface area contributed by atoms with Gasteiger partial charge in [-0.1, -0.05) is 24.3 Å². The number of ether oxygens (including phenoxy) is 2. The molecular weight excluding hydrogens is 456 g/mol. The minimum atomic E-state index is -0.787. The molecule has 0 spiro atoms. The van der Waals surface area contributed by atoms with Crippen LogP contribution in [0.25, 0.3) is 16.6 Å². The number of amides is 1. The predicted molar refractivity (Wildman–Crippen MR) is 139 cm³/mol. The molecule has 2 aromatic heterocycles. The predicted octanol–water partition coefficient (Wildman–Crippen LogP) is 3.78. The molecule has 0 saturated carbocycles. The van der Waals surface area contributed by atoms with Crippen molar-refractivity contribution >= 4 is 22.7 Å². The van der Waals surface area contributed by atoms with E-state index in [0.717, 1.165) is 66.3 Å². The van der Waals surface area contributed by atoms with Crippen LogP contribution in [-0.4, -0.2) is 65.7 Å². The Hall–Kier alpha value is -4.11. The Labute approximate surface area is 210 Å². The standard InChI is InChI=1S/C27H30N6O3/c1-35-24-11-10-20-7-5-13-29-25(20)26(24)32-15-6-14-31(17-18-32)23(19-36-27(28)34)22-12-16-33(30-22)21-8-3-2-4-9-21/h2-5,7-13,16,23H,6,14-15,17-19H2,1H3,(H2,28,34). The molecule has 0 radical (unpaired) electrons. The van der Waals surface area contributed by atoms with Gasteiger partial charge in [-0.15, -0.1) is 0 Å². The number of carbonyl (C=O) groups excluding carboxylic acids is 1. The van der Waals surface area contributed by atoms with Gasteiger partial charge in [-0.3, -0.25) is 9.88 Å². The van der Waals surface area contributed by atoms with Crippen LogP contribution in [-0.2, 0) is 4.74 Å². The highest BCUT2D eigenvalue weighted by atomic mass is 16.5. The van der Waals surface area contributed by atoms with Gasteiger partial charge in [0, 0.05) is 44.0 Å². The number of hydrogen-bond donors (Lipinski definition) is 1. The molecule has 1 amide bonds. The number of anilines is 1. The Morgan fingerprint density at radius 2 is 1.89 bits per heavy atom. The Morgan fingerprint density at radius 3 is 2.69 bits per heavy atom. The maximum atomic E-state index is 11.5. The molecule has 2 aromatic carbocycles. The Balaban J connectivity index is 1.40. The van der Waals surface area contributed by atoms with Gasteiger partial charge in [0.25, 0.3) is 0 Å². The molecule has 5 rings (SSSR count). The molecule has 1 fully saturated rings. The summed E-state index contributed by atoms with van der Waals surface area (Å²) < 4.78 is 12.8. The first-order valence-corrected chi connectivity index (χ1v) is 12.1. The van der Waals surface area contributed by atoms with Gasteiger partial charge in [0.15, 0.2) is 0 Å². The zero-order valence-electron chi connectivity index (χ0n) is 20.3. The number of hydrogen-bond acceptors (Lipinski definition) is 7. The number of primary amides is 1. The van der Waals surface area contributed by atoms with Crippen molar-refractivity contribution < 1.29 is 14.3 Å². The molecule has 4 aromatic rings. The number of fused-ring (bicyclic) bond motifs is 1. The molecule has 9 heteroatoms. The third kappa shape index (κ3) is 4.96. The maximum Gasteiger partial charge on any atom is 0.404 e. The van der Waals surface area contributed by atoms with E-state index in [9.17, 15) is 4.79 Å². The normalized spacial score (nSPS) is 15.4. The highest BCUT2D eigenvalue weighted by Gasteiger charge is 2.28. The lowest BCUT2D eigenvalue weighted by molar-refractivity contribution is 0.0962. The fourth-order valence-electron chi connectivity index (χ4n) is 4.83. The second-order valence-electron chi connectivity index (χ2n) is 8.73. The van der Waals surface area contributed by atoms with Crippen molar-refractivity contribution in [1.82, 2.24) is 19.7 Å². The summed E-state index contributed by atoms with van der Waals surface area (Å²) in [7, 11) is 1.69. The monoisotopic (exact) mass is 486 g/mol. The summed E-state index contributed by atoms with van der Waals surface area (Å²) in [5.74, 6) is 0.810. The van der Waals surface area contributed by atoms with E-state index in [2.05, 4.69) is 20.9 Å². The molecule has 36 heavy (non-hydrogen) atoms. The molecule has 1 aliphatic rings. The first kappa shape index (κ1) is 23.6. The van der Waals surface area contributed by atoms with Crippen LogP contribution in [0.1, 0.15) is 18.2 Å². The molecule has 9 nitrogen and oxygen atoms in total. The second kappa shape index (κ2) is 10.7. The number of para-hydroxylation sites is 1. The molecule has 1 unspecified atom stereocenters. The van der Waals surface area contributed by atoms with Crippen LogP contribution in [0, 0.1) is 0 Å². The maximum absolute atomic E-state index is 11.5. The summed E-state index contributed by atoms with van der Waals surface area (Å²) in [6, 6.07) is 19.7. The van der Waals surface area contributed by atoms with Crippen molar-refractivity contribution in [2.45, 2.75) is 12.5 Å². The van der Waals surface area contributed by atoms with Crippen molar-refractivity contribution in [3.05, 3.63) is 78.8 Å². The van der Waals surface area contributed by atoms with Gasteiger partial charge in [-0.2, -0.15) is 5.10 Å². The van der Waals surface area contributed by atoms with Crippen LogP contribution >= 0.6 is 0 Å². The third-order valence-electron chi connectivity index (χ3n) is 6.57. The molecular formula is C27H30N6O3. The van der Waals surface area contributed by atoms with E-state index < -0.39 is 6.09 Å². The Morgan fingerprint density at radius 1 is 1.03 bits per heavy atom. The lowest BCUT2D eigenvalue weighted by atomic mass is 10.1. The average molecular weight is 487 g/mol. The fraction of sp³-hybridized carbons (Fsp3) is 0.296. The Bertz CT molecular complexity index is 1330. The van der Waals surface area contributed by atoms with Gasteiger partial charge >= 0.3 is 6.09 Å². The molecule has 0 bridgehead atoms. The topological polar surface area (TPSA) is 98.7 Å². The number of nitrogens with zero attached hydrogens (tertiary/aromatic N) is 5. The van der Waals surface area contributed by atoms with Crippen molar-refractivity contribution in [2.75, 3.05) is 44.8 Å². The summed E-state index contributed by atoms with van der Waals surface area (Å²) in [6.45, 7) is 3.32. The van der Waals surface area contributed by atoms with E-state index in [1.54, 1.807) is 7.11 Å². The van der Waals surface area contributed by atoms with E-state index in [0.29, 0.717) is 0 Å². The van der Waals surface area contributed by atoms with Gasteiger partial charge in [0.05, 0.1) is 30.0 Å². The van der Waals surface area contributed by atoms with E-state index >= 15 is 0 Å². The smallest absolute Gasteiger partial charge is 0.404 e. The lowest BCUT2D eigenvalue weighted by Gasteiger charge is -2.29. The number of pyridine rings is 1. The number of carbonyl (C=O) groups is 1. The zero-order chi connectivity index (χ0) is 24.9. The van der Waals surface area contributed by atoms with Gasteiger partial charge in [-0.05, 0) is 42.8 Å². The van der Waals surface area contributed by atoms with Crippen molar-refractivity contribution in [3.63, 3.8) is 0 Å². The van der Waals surface area contributed by atoms with Gasteiger partial charge in [-0.25, -0.2) is 9.48 Å². The summed E-state index contributed by atoms with van der Waals surface area (Å²) in [5, 5.41) is 5.89. The zero-order valence-corrected chi connectivity index (χ0v) is 20.3. The lowest BCUT2D eigenvalue weighted by Crippen LogP contribution is -2.37. The SMILES string of the molecule is COc1ccc2cccnc2c1N1CCCN(C(COC(N)=O)c2ccn(-c3ccccc3)n2)CC1. The van der Waals surface area contributed by atoms with E-state index in [4.69, 9.17) is 20.3 Å². The van der Waals surface area contributed by atoms with Gasteiger partial charge in [0.1, 0.15) is 18.0 Å². The minimum absolute atomic E-state index is 0.139. The molecule has 2 N–H and O–H groups in total. The van der Waals surface area contributed by atoms with E-state index in [-0.39, 0.29) is 12.6 Å². The van der Waals surface area contributed by atoms with Gasteiger partial charge < -0.3 is 20.1 Å². The highest BCUT2D eigenvalue weighted by molar-refractivity contribution is 5.94. The first-order valence-electron chi connectivity index (χ1n) is 12.1. The molecule has 1 aliphatic heterocycles. The number of benzene rings is 2. The fourth-order valence-corrected chi connectivity index (χ4v) is 4.83. The van der Waals surface area contributed by atoms with Crippen molar-refractivity contribution in [2.24, 2.45) is 5.73 Å². The van der Waals surface area contributed by atoms with Crippen LogP contribution in [0.5, 0.6) is 5.75 Å². The minimum Gasteiger partial charge on any atom is -0.494 e. The highest BCUT2D eigenvalue weighted by Crippen LogP contribution is 2.36. The third-order valence-corrected chi connectivity index (χ3v) is 6.57. The average Bonchev–Trinajstić information content (AvgIpc) is 3.27. The molecule has 1 saturated heterocycles. The van der Waals surface area contributed by atoms with Gasteiger partial charge in [0.2, 0.25) is 0 Å². The van der Waals surface area contributed by atoms with Crippen LogP contribution in [0.3, 0.4) is 0 Å². The van der Waals surface area contributed by atoms with Crippen LogP contribution in [0.4, 0.5) is 10.5 Å². The number of aromatic nitrogens is 3. The summed E-state index contributed by atoms with van der Waals surface area (Å²) >= 11 is 0. The summed E-state index contributed by atoms with van der Waals surface area (Å²) in [4.78, 5) is 20.8.